The maximum absolute atomic E-state index is 11.4. The van der Waals surface area contributed by atoms with Gasteiger partial charge < -0.3 is 13.7 Å². The van der Waals surface area contributed by atoms with E-state index in [0.717, 1.165) is 16.7 Å². The SMILES string of the molecule is Cc1nc(CSCCOc2ccc3c(C)cc(=O)oc3c2)no1. The van der Waals surface area contributed by atoms with E-state index in [2.05, 4.69) is 10.1 Å². The van der Waals surface area contributed by atoms with Crippen LogP contribution in [0.4, 0.5) is 0 Å². The van der Waals surface area contributed by atoms with Crippen LogP contribution in [0.2, 0.25) is 0 Å². The Balaban J connectivity index is 1.54. The molecule has 0 saturated heterocycles. The van der Waals surface area contributed by atoms with Crippen LogP contribution in [-0.4, -0.2) is 22.5 Å². The van der Waals surface area contributed by atoms with Gasteiger partial charge in [0, 0.05) is 30.2 Å². The van der Waals surface area contributed by atoms with Crippen molar-refractivity contribution in [2.24, 2.45) is 0 Å². The summed E-state index contributed by atoms with van der Waals surface area (Å²) in [7, 11) is 0. The Bertz CT molecular complexity index is 872. The number of thioether (sulfide) groups is 1. The lowest BCUT2D eigenvalue weighted by Gasteiger charge is -2.07. The molecule has 0 unspecified atom stereocenters. The summed E-state index contributed by atoms with van der Waals surface area (Å²) in [5.41, 5.74) is 1.09. The highest BCUT2D eigenvalue weighted by atomic mass is 32.2. The van der Waals surface area contributed by atoms with E-state index >= 15 is 0 Å². The van der Waals surface area contributed by atoms with Crippen molar-refractivity contribution in [3.63, 3.8) is 0 Å². The molecule has 0 saturated carbocycles. The number of hydrogen-bond acceptors (Lipinski definition) is 7. The van der Waals surface area contributed by atoms with E-state index in [1.54, 1.807) is 24.8 Å². The van der Waals surface area contributed by atoms with Crippen LogP contribution in [0.1, 0.15) is 17.3 Å². The first-order chi connectivity index (χ1) is 11.1. The molecule has 3 aromatic rings. The van der Waals surface area contributed by atoms with Crippen LogP contribution in [0.5, 0.6) is 5.75 Å². The molecule has 1 aromatic carbocycles. The molecule has 0 aliphatic heterocycles. The number of fused-ring (bicyclic) bond motifs is 1. The highest BCUT2D eigenvalue weighted by molar-refractivity contribution is 7.98. The molecular formula is C16H16N2O4S. The first-order valence-electron chi connectivity index (χ1n) is 7.16. The summed E-state index contributed by atoms with van der Waals surface area (Å²) in [5.74, 6) is 3.43. The standard InChI is InChI=1S/C16H16N2O4S/c1-10-7-16(19)21-14-8-12(3-4-13(10)14)20-5-6-23-9-15-17-11(2)22-18-15/h3-4,7-8H,5-6,9H2,1-2H3. The van der Waals surface area contributed by atoms with Gasteiger partial charge >= 0.3 is 5.63 Å². The van der Waals surface area contributed by atoms with E-state index in [9.17, 15) is 4.79 Å². The largest absolute Gasteiger partial charge is 0.493 e. The normalized spacial score (nSPS) is 11.0. The van der Waals surface area contributed by atoms with Crippen molar-refractivity contribution >= 4 is 22.7 Å². The van der Waals surface area contributed by atoms with Crippen LogP contribution in [0.25, 0.3) is 11.0 Å². The van der Waals surface area contributed by atoms with Gasteiger partial charge in [0.05, 0.1) is 12.4 Å². The second-order valence-electron chi connectivity index (χ2n) is 5.04. The van der Waals surface area contributed by atoms with Gasteiger partial charge in [-0.25, -0.2) is 4.79 Å². The summed E-state index contributed by atoms with van der Waals surface area (Å²) < 4.78 is 15.8. The maximum Gasteiger partial charge on any atom is 0.336 e. The lowest BCUT2D eigenvalue weighted by Crippen LogP contribution is -2.02. The predicted molar refractivity (Wildman–Crippen MR) is 87.9 cm³/mol. The average molecular weight is 332 g/mol. The lowest BCUT2D eigenvalue weighted by molar-refractivity contribution is 0.343. The number of nitrogens with zero attached hydrogens (tertiary/aromatic N) is 2. The molecule has 0 fully saturated rings. The lowest BCUT2D eigenvalue weighted by atomic mass is 10.1. The summed E-state index contributed by atoms with van der Waals surface area (Å²) in [6, 6.07) is 7.01. The first kappa shape index (κ1) is 15.6. The number of ether oxygens (including phenoxy) is 1. The molecular weight excluding hydrogens is 316 g/mol. The van der Waals surface area contributed by atoms with Crippen LogP contribution in [0.15, 0.2) is 38.0 Å². The topological polar surface area (TPSA) is 78.4 Å². The van der Waals surface area contributed by atoms with E-state index in [-0.39, 0.29) is 5.63 Å². The van der Waals surface area contributed by atoms with Crippen LogP contribution < -0.4 is 10.4 Å². The zero-order valence-corrected chi connectivity index (χ0v) is 13.7. The third-order valence-corrected chi connectivity index (χ3v) is 4.14. The fraction of sp³-hybridized carbons (Fsp3) is 0.312. The summed E-state index contributed by atoms with van der Waals surface area (Å²) in [6.45, 7) is 4.20. The number of aryl methyl sites for hydroxylation is 2. The van der Waals surface area contributed by atoms with Gasteiger partial charge in [-0.05, 0) is 24.6 Å². The maximum atomic E-state index is 11.4. The Kier molecular flexibility index (Phi) is 4.66. The van der Waals surface area contributed by atoms with Crippen molar-refractivity contribution in [3.05, 3.63) is 52.0 Å². The zero-order chi connectivity index (χ0) is 16.2. The third kappa shape index (κ3) is 3.92. The van der Waals surface area contributed by atoms with Crippen LogP contribution >= 0.6 is 11.8 Å². The molecule has 0 amide bonds. The molecule has 0 bridgehead atoms. The van der Waals surface area contributed by atoms with Gasteiger partial charge in [-0.3, -0.25) is 0 Å². The molecule has 0 aliphatic rings. The van der Waals surface area contributed by atoms with E-state index in [1.165, 1.54) is 6.07 Å². The summed E-state index contributed by atoms with van der Waals surface area (Å²) in [4.78, 5) is 15.6. The van der Waals surface area contributed by atoms with Gasteiger partial charge in [0.2, 0.25) is 5.89 Å². The van der Waals surface area contributed by atoms with Gasteiger partial charge in [-0.2, -0.15) is 16.7 Å². The molecule has 7 heteroatoms. The van der Waals surface area contributed by atoms with Crippen molar-refractivity contribution in [1.82, 2.24) is 10.1 Å². The van der Waals surface area contributed by atoms with Gasteiger partial charge in [-0.1, -0.05) is 5.16 Å². The van der Waals surface area contributed by atoms with Crippen molar-refractivity contribution in [3.8, 4) is 5.75 Å². The Hall–Kier alpha value is -2.28. The Morgan fingerprint density at radius 1 is 1.26 bits per heavy atom. The van der Waals surface area contributed by atoms with E-state index in [0.29, 0.717) is 35.4 Å². The van der Waals surface area contributed by atoms with Crippen molar-refractivity contribution in [2.75, 3.05) is 12.4 Å². The smallest absolute Gasteiger partial charge is 0.336 e. The van der Waals surface area contributed by atoms with E-state index < -0.39 is 0 Å². The first-order valence-corrected chi connectivity index (χ1v) is 8.31. The number of hydrogen-bond donors (Lipinski definition) is 0. The molecule has 120 valence electrons. The Labute approximate surface area is 136 Å². The zero-order valence-electron chi connectivity index (χ0n) is 12.9. The minimum absolute atomic E-state index is 0.349. The summed E-state index contributed by atoms with van der Waals surface area (Å²) >= 11 is 1.66. The minimum Gasteiger partial charge on any atom is -0.493 e. The number of aromatic nitrogens is 2. The summed E-state index contributed by atoms with van der Waals surface area (Å²) in [6.07, 6.45) is 0. The monoisotopic (exact) mass is 332 g/mol. The van der Waals surface area contributed by atoms with Crippen molar-refractivity contribution in [2.45, 2.75) is 19.6 Å². The summed E-state index contributed by atoms with van der Waals surface area (Å²) in [5, 5.41) is 4.75. The molecule has 6 nitrogen and oxygen atoms in total. The van der Waals surface area contributed by atoms with Crippen LogP contribution in [0, 0.1) is 13.8 Å². The molecule has 3 rings (SSSR count). The fourth-order valence-electron chi connectivity index (χ4n) is 2.18. The number of benzene rings is 1. The number of rotatable bonds is 6. The average Bonchev–Trinajstić information content (AvgIpc) is 2.92. The van der Waals surface area contributed by atoms with Gasteiger partial charge in [0.1, 0.15) is 11.3 Å². The molecule has 0 radical (unpaired) electrons. The predicted octanol–water partition coefficient (Wildman–Crippen LogP) is 3.11. The third-order valence-electron chi connectivity index (χ3n) is 3.22. The Morgan fingerprint density at radius 2 is 2.13 bits per heavy atom. The molecule has 2 aromatic heterocycles. The molecule has 0 atom stereocenters. The van der Waals surface area contributed by atoms with Crippen LogP contribution in [0.3, 0.4) is 0 Å². The minimum atomic E-state index is -0.349. The highest BCUT2D eigenvalue weighted by Crippen LogP contribution is 2.22. The van der Waals surface area contributed by atoms with Gasteiger partial charge in [0.15, 0.2) is 5.82 Å². The van der Waals surface area contributed by atoms with Crippen molar-refractivity contribution < 1.29 is 13.7 Å². The molecule has 2 heterocycles. The second kappa shape index (κ2) is 6.87. The molecule has 0 aliphatic carbocycles. The Morgan fingerprint density at radius 3 is 2.91 bits per heavy atom. The highest BCUT2D eigenvalue weighted by Gasteiger charge is 2.05. The van der Waals surface area contributed by atoms with Gasteiger partial charge in [0.25, 0.3) is 0 Å². The van der Waals surface area contributed by atoms with E-state index in [1.807, 2.05) is 19.1 Å². The molecule has 0 N–H and O–H groups in total. The molecule has 23 heavy (non-hydrogen) atoms. The quantitative estimate of drug-likeness (QED) is 0.507. The van der Waals surface area contributed by atoms with Crippen molar-refractivity contribution in [1.29, 1.82) is 0 Å². The second-order valence-corrected chi connectivity index (χ2v) is 6.14. The van der Waals surface area contributed by atoms with Crippen LogP contribution in [-0.2, 0) is 5.75 Å². The van der Waals surface area contributed by atoms with E-state index in [4.69, 9.17) is 13.7 Å². The fourth-order valence-corrected chi connectivity index (χ4v) is 2.82. The molecule has 0 spiro atoms. The van der Waals surface area contributed by atoms with Gasteiger partial charge in [-0.15, -0.1) is 0 Å².